The number of amides is 2. The summed E-state index contributed by atoms with van der Waals surface area (Å²) >= 11 is 0. The molecule has 1 unspecified atom stereocenters. The Hall–Kier alpha value is -5.36. The van der Waals surface area contributed by atoms with Crippen LogP contribution < -0.4 is 0 Å². The van der Waals surface area contributed by atoms with E-state index in [1.807, 2.05) is 65.7 Å². The van der Waals surface area contributed by atoms with Gasteiger partial charge < -0.3 is 20.0 Å². The lowest BCUT2D eigenvalue weighted by Gasteiger charge is -2.45. The van der Waals surface area contributed by atoms with Crippen molar-refractivity contribution in [2.75, 3.05) is 32.7 Å². The molecule has 0 spiro atoms. The Bertz CT molecular complexity index is 2030. The van der Waals surface area contributed by atoms with Crippen molar-refractivity contribution in [2.45, 2.75) is 71.4 Å². The van der Waals surface area contributed by atoms with Crippen LogP contribution in [-0.4, -0.2) is 94.4 Å². The number of hydrogen-bond acceptors (Lipinski definition) is 7. The maximum absolute atomic E-state index is 13.9. The van der Waals surface area contributed by atoms with Gasteiger partial charge in [-0.15, -0.1) is 0 Å². The molecule has 12 heteroatoms. The second-order valence-electron chi connectivity index (χ2n) is 15.2. The van der Waals surface area contributed by atoms with Gasteiger partial charge in [0.15, 0.2) is 5.82 Å². The Morgan fingerprint density at radius 1 is 0.868 bits per heavy atom. The minimum Gasteiger partial charge on any atom is -0.465 e. The molecule has 0 radical (unpaired) electrons. The summed E-state index contributed by atoms with van der Waals surface area (Å²) in [4.78, 5) is 57.6. The van der Waals surface area contributed by atoms with Gasteiger partial charge in [0, 0.05) is 49.1 Å². The molecule has 2 saturated heterocycles. The van der Waals surface area contributed by atoms with E-state index < -0.39 is 11.6 Å². The fourth-order valence-electron chi connectivity index (χ4n) is 8.33. The first-order chi connectivity index (χ1) is 25.5. The predicted octanol–water partition coefficient (Wildman–Crippen LogP) is 7.34. The maximum Gasteiger partial charge on any atom is 0.408 e. The number of carbonyl (C=O) groups excluding carboxylic acids is 1. The first-order valence-corrected chi connectivity index (χ1v) is 18.7. The van der Waals surface area contributed by atoms with Gasteiger partial charge in [-0.2, -0.15) is 0 Å². The first kappa shape index (κ1) is 36.0. The molecule has 53 heavy (non-hydrogen) atoms. The van der Waals surface area contributed by atoms with E-state index in [2.05, 4.69) is 59.5 Å². The standard InChI is InChI=1S/C41H49N9O3/c1-6-48(7-2)34(28-12-9-8-10-13-28)37(51)49-21-18-30(26-49)36-44-24-32(46-36)27-14-16-29(17-15-27)35-42-22-31(23-43-35)33-25-45-38(47-33)41(40(3,4)5)19-11-20-50(41)39(52)53/h8-10,12-17,22-25,30,34H,6-7,11,18-21,26H2,1-5H3,(H,44,46)(H,45,47)(H,52,53)/t30?,34-,41-/m1/s1. The summed E-state index contributed by atoms with van der Waals surface area (Å²) in [6, 6.07) is 17.9. The lowest BCUT2D eigenvalue weighted by Crippen LogP contribution is -2.53. The summed E-state index contributed by atoms with van der Waals surface area (Å²) < 4.78 is 0. The Morgan fingerprint density at radius 3 is 2.19 bits per heavy atom. The SMILES string of the molecule is CCN(CC)[C@@H](C(=O)N1CCC(c2ncc(-c3ccc(-c4ncc(-c5cnc([C@@]6(C(C)(C)C)CCCN6C(=O)O)[nH]5)cn4)cc3)[nH]2)C1)c1ccccc1. The van der Waals surface area contributed by atoms with Crippen LogP contribution in [0.2, 0.25) is 0 Å². The number of imidazole rings is 2. The van der Waals surface area contributed by atoms with Crippen LogP contribution in [0.15, 0.2) is 79.4 Å². The van der Waals surface area contributed by atoms with Gasteiger partial charge in [0.05, 0.1) is 23.8 Å². The van der Waals surface area contributed by atoms with E-state index in [1.54, 1.807) is 18.6 Å². The number of carboxylic acid groups (broad SMARTS) is 1. The number of likely N-dealkylation sites (tertiary alicyclic amines) is 2. The average Bonchev–Trinajstić information content (AvgIpc) is 4.00. The molecule has 5 heterocycles. The monoisotopic (exact) mass is 715 g/mol. The van der Waals surface area contributed by atoms with Crippen LogP contribution in [0.4, 0.5) is 4.79 Å². The Labute approximate surface area is 310 Å². The van der Waals surface area contributed by atoms with Gasteiger partial charge in [-0.25, -0.2) is 24.7 Å². The number of H-pyrrole nitrogens is 2. The molecule has 3 N–H and O–H groups in total. The second-order valence-corrected chi connectivity index (χ2v) is 15.2. The molecule has 2 amide bonds. The third-order valence-electron chi connectivity index (χ3n) is 11.2. The van der Waals surface area contributed by atoms with E-state index in [0.29, 0.717) is 37.7 Å². The van der Waals surface area contributed by atoms with Crippen molar-refractivity contribution in [3.8, 4) is 33.9 Å². The summed E-state index contributed by atoms with van der Waals surface area (Å²) in [7, 11) is 0. The highest BCUT2D eigenvalue weighted by atomic mass is 16.4. The molecule has 0 bridgehead atoms. The van der Waals surface area contributed by atoms with Crippen LogP contribution in [-0.2, 0) is 10.3 Å². The molecule has 3 atom stereocenters. The molecule has 2 aromatic carbocycles. The first-order valence-electron chi connectivity index (χ1n) is 18.7. The third-order valence-corrected chi connectivity index (χ3v) is 11.2. The number of aromatic nitrogens is 6. The number of nitrogens with one attached hydrogen (secondary N) is 2. The quantitative estimate of drug-likeness (QED) is 0.136. The van der Waals surface area contributed by atoms with Crippen LogP contribution in [0.5, 0.6) is 0 Å². The van der Waals surface area contributed by atoms with E-state index in [9.17, 15) is 14.7 Å². The number of carbonyl (C=O) groups is 2. The number of benzene rings is 2. The lowest BCUT2D eigenvalue weighted by molar-refractivity contribution is -0.136. The van der Waals surface area contributed by atoms with Crippen molar-refractivity contribution >= 4 is 12.0 Å². The number of likely N-dealkylation sites (N-methyl/N-ethyl adjacent to an activating group) is 1. The highest BCUT2D eigenvalue weighted by Gasteiger charge is 2.55. The fraction of sp³-hybridized carbons (Fsp3) is 0.415. The smallest absolute Gasteiger partial charge is 0.408 e. The number of nitrogens with zero attached hydrogens (tertiary/aromatic N) is 7. The second kappa shape index (κ2) is 14.6. The van der Waals surface area contributed by atoms with Crippen molar-refractivity contribution in [3.05, 3.63) is 96.6 Å². The van der Waals surface area contributed by atoms with Crippen LogP contribution in [0.25, 0.3) is 33.9 Å². The molecule has 2 fully saturated rings. The third kappa shape index (κ3) is 6.72. The molecule has 2 aliphatic heterocycles. The van der Waals surface area contributed by atoms with Crippen molar-refractivity contribution < 1.29 is 14.7 Å². The lowest BCUT2D eigenvalue weighted by atomic mass is 9.71. The Kier molecular flexibility index (Phi) is 9.91. The van der Waals surface area contributed by atoms with Gasteiger partial charge in [0.25, 0.3) is 0 Å². The molecule has 3 aromatic heterocycles. The molecule has 0 aliphatic carbocycles. The van der Waals surface area contributed by atoms with Crippen molar-refractivity contribution in [3.63, 3.8) is 0 Å². The summed E-state index contributed by atoms with van der Waals surface area (Å²) in [5.74, 6) is 2.44. The largest absolute Gasteiger partial charge is 0.465 e. The van der Waals surface area contributed by atoms with E-state index in [1.165, 1.54) is 4.90 Å². The van der Waals surface area contributed by atoms with Gasteiger partial charge in [0.2, 0.25) is 5.91 Å². The molecular weight excluding hydrogens is 667 g/mol. The zero-order chi connectivity index (χ0) is 37.3. The average molecular weight is 716 g/mol. The Morgan fingerprint density at radius 2 is 1.53 bits per heavy atom. The molecule has 5 aromatic rings. The van der Waals surface area contributed by atoms with Gasteiger partial charge in [-0.05, 0) is 48.9 Å². The zero-order valence-corrected chi connectivity index (χ0v) is 31.2. The van der Waals surface area contributed by atoms with Gasteiger partial charge in [0.1, 0.15) is 23.2 Å². The van der Waals surface area contributed by atoms with E-state index in [4.69, 9.17) is 9.97 Å². The van der Waals surface area contributed by atoms with Gasteiger partial charge in [-0.3, -0.25) is 14.6 Å². The van der Waals surface area contributed by atoms with Crippen LogP contribution in [0, 0.1) is 5.41 Å². The highest BCUT2D eigenvalue weighted by molar-refractivity contribution is 5.83. The van der Waals surface area contributed by atoms with E-state index >= 15 is 0 Å². The molecule has 12 nitrogen and oxygen atoms in total. The van der Waals surface area contributed by atoms with Crippen LogP contribution in [0.1, 0.15) is 83.1 Å². The Balaban J connectivity index is 1.02. The molecule has 276 valence electrons. The van der Waals surface area contributed by atoms with Crippen molar-refractivity contribution in [1.29, 1.82) is 0 Å². The number of rotatable bonds is 10. The molecule has 7 rings (SSSR count). The zero-order valence-electron chi connectivity index (χ0n) is 31.2. The molecule has 0 saturated carbocycles. The van der Waals surface area contributed by atoms with Crippen molar-refractivity contribution in [2.24, 2.45) is 5.41 Å². The van der Waals surface area contributed by atoms with Crippen LogP contribution in [0.3, 0.4) is 0 Å². The summed E-state index contributed by atoms with van der Waals surface area (Å²) in [5, 5.41) is 10.0. The minimum atomic E-state index is -0.931. The minimum absolute atomic E-state index is 0.145. The fourth-order valence-corrected chi connectivity index (χ4v) is 8.33. The topological polar surface area (TPSA) is 147 Å². The number of hydrogen-bond donors (Lipinski definition) is 3. The molecular formula is C41H49N9O3. The van der Waals surface area contributed by atoms with E-state index in [-0.39, 0.29) is 23.3 Å². The van der Waals surface area contributed by atoms with E-state index in [0.717, 1.165) is 65.4 Å². The predicted molar refractivity (Wildman–Crippen MR) is 204 cm³/mol. The van der Waals surface area contributed by atoms with Crippen LogP contribution >= 0.6 is 0 Å². The summed E-state index contributed by atoms with van der Waals surface area (Å²) in [6.45, 7) is 13.8. The normalized spacial score (nSPS) is 19.6. The summed E-state index contributed by atoms with van der Waals surface area (Å²) in [5.41, 5.74) is 4.24. The van der Waals surface area contributed by atoms with Crippen molar-refractivity contribution in [1.82, 2.24) is 44.6 Å². The highest BCUT2D eigenvalue weighted by Crippen LogP contribution is 2.50. The number of aromatic amines is 2. The van der Waals surface area contributed by atoms with Gasteiger partial charge in [-0.1, -0.05) is 89.2 Å². The molecule has 2 aliphatic rings. The maximum atomic E-state index is 13.9. The van der Waals surface area contributed by atoms with Gasteiger partial charge >= 0.3 is 6.09 Å². The summed E-state index contributed by atoms with van der Waals surface area (Å²) in [6.07, 6.45) is 8.56.